The van der Waals surface area contributed by atoms with Crippen molar-refractivity contribution in [1.29, 1.82) is 0 Å². The minimum absolute atomic E-state index is 0.0203. The van der Waals surface area contributed by atoms with Crippen molar-refractivity contribution < 1.29 is 14.9 Å². The quantitative estimate of drug-likeness (QED) is 0.144. The van der Waals surface area contributed by atoms with Crippen LogP contribution < -0.4 is 10.1 Å². The summed E-state index contributed by atoms with van der Waals surface area (Å²) in [4.78, 5) is 4.63. The van der Waals surface area contributed by atoms with Gasteiger partial charge in [-0.2, -0.15) is 0 Å². The number of aromatic nitrogens is 1. The highest BCUT2D eigenvalue weighted by atomic mass is 16.5. The highest BCUT2D eigenvalue weighted by molar-refractivity contribution is 5.85. The number of phenolic OH excluding ortho intramolecular Hbond substituents is 1. The molecule has 3 N–H and O–H groups in total. The summed E-state index contributed by atoms with van der Waals surface area (Å²) in [5, 5.41) is 26.6. The van der Waals surface area contributed by atoms with Crippen LogP contribution in [0.1, 0.15) is 48.5 Å². The number of fused-ring (bicyclic) bond motifs is 2. The van der Waals surface area contributed by atoms with Crippen LogP contribution in [0.25, 0.3) is 21.7 Å². The van der Waals surface area contributed by atoms with Gasteiger partial charge in [-0.1, -0.05) is 66.7 Å². The molecule has 5 aromatic rings. The molecule has 200 valence electrons. The monoisotopic (exact) mass is 520 g/mol. The third kappa shape index (κ3) is 7.14. The Morgan fingerprint density at radius 1 is 0.769 bits per heavy atom. The number of pyridine rings is 1. The molecular weight excluding hydrogens is 484 g/mol. The number of nitrogens with one attached hydrogen (secondary N) is 1. The van der Waals surface area contributed by atoms with Crippen molar-refractivity contribution in [2.24, 2.45) is 0 Å². The molecule has 1 atom stereocenters. The number of ether oxygens (including phenoxy) is 1. The number of nitrogens with zero attached hydrogens (tertiary/aromatic N) is 1. The van der Waals surface area contributed by atoms with Crippen molar-refractivity contribution in [2.45, 2.75) is 44.7 Å². The number of para-hydroxylation sites is 1. The molecule has 0 spiro atoms. The Bertz CT molecular complexity index is 1500. The first-order valence-corrected chi connectivity index (χ1v) is 13.8. The van der Waals surface area contributed by atoms with Crippen molar-refractivity contribution in [3.63, 3.8) is 0 Å². The normalized spacial score (nSPS) is 12.1. The maximum Gasteiger partial charge on any atom is 0.141 e. The van der Waals surface area contributed by atoms with Gasteiger partial charge in [0.05, 0.1) is 12.3 Å². The summed E-state index contributed by atoms with van der Waals surface area (Å²) in [6, 6.07) is 32.6. The molecule has 5 rings (SSSR count). The zero-order valence-corrected chi connectivity index (χ0v) is 22.2. The Hall–Kier alpha value is -3.93. The van der Waals surface area contributed by atoms with Gasteiger partial charge in [0.2, 0.25) is 0 Å². The Morgan fingerprint density at radius 2 is 1.59 bits per heavy atom. The smallest absolute Gasteiger partial charge is 0.141 e. The molecule has 0 fully saturated rings. The third-order valence-electron chi connectivity index (χ3n) is 7.16. The molecule has 5 nitrogen and oxygen atoms in total. The SMILES string of the molecule is OCCC(NCc1ccc2cccc(O)c2n1)c1ccc2cc(OCCCCCc3ccccc3)ccc2c1. The highest BCUT2D eigenvalue weighted by Crippen LogP contribution is 2.27. The van der Waals surface area contributed by atoms with Gasteiger partial charge in [0.1, 0.15) is 17.0 Å². The first-order valence-electron chi connectivity index (χ1n) is 13.8. The van der Waals surface area contributed by atoms with E-state index in [1.54, 1.807) is 6.07 Å². The Morgan fingerprint density at radius 3 is 2.46 bits per heavy atom. The molecule has 0 bridgehead atoms. The number of phenols is 1. The lowest BCUT2D eigenvalue weighted by Gasteiger charge is -2.19. The molecule has 5 heteroatoms. The third-order valence-corrected chi connectivity index (χ3v) is 7.16. The summed E-state index contributed by atoms with van der Waals surface area (Å²) in [5.74, 6) is 1.08. The van der Waals surface area contributed by atoms with Gasteiger partial charge in [-0.3, -0.25) is 0 Å². The second-order valence-electron chi connectivity index (χ2n) is 10.0. The van der Waals surface area contributed by atoms with Crippen molar-refractivity contribution in [3.05, 3.63) is 114 Å². The molecule has 39 heavy (non-hydrogen) atoms. The van der Waals surface area contributed by atoms with E-state index in [0.29, 0.717) is 18.5 Å². The van der Waals surface area contributed by atoms with Crippen LogP contribution in [0.2, 0.25) is 0 Å². The van der Waals surface area contributed by atoms with Crippen LogP contribution in [0, 0.1) is 0 Å². The lowest BCUT2D eigenvalue weighted by atomic mass is 9.99. The molecule has 1 unspecified atom stereocenters. The van der Waals surface area contributed by atoms with Crippen LogP contribution in [0.15, 0.2) is 97.1 Å². The molecule has 0 saturated carbocycles. The van der Waals surface area contributed by atoms with Crippen LogP contribution >= 0.6 is 0 Å². The van der Waals surface area contributed by atoms with Crippen LogP contribution in [0.4, 0.5) is 0 Å². The van der Waals surface area contributed by atoms with E-state index in [4.69, 9.17) is 4.74 Å². The van der Waals surface area contributed by atoms with E-state index in [0.717, 1.165) is 59.0 Å². The summed E-state index contributed by atoms with van der Waals surface area (Å²) in [6.07, 6.45) is 5.09. The van der Waals surface area contributed by atoms with Crippen molar-refractivity contribution in [1.82, 2.24) is 10.3 Å². The van der Waals surface area contributed by atoms with Crippen LogP contribution in [-0.4, -0.2) is 28.4 Å². The zero-order valence-electron chi connectivity index (χ0n) is 22.2. The second kappa shape index (κ2) is 13.2. The average Bonchev–Trinajstić information content (AvgIpc) is 2.97. The molecule has 0 radical (unpaired) electrons. The van der Waals surface area contributed by atoms with E-state index in [1.165, 1.54) is 12.0 Å². The number of benzene rings is 4. The van der Waals surface area contributed by atoms with Gasteiger partial charge in [-0.15, -0.1) is 0 Å². The predicted molar refractivity (Wildman–Crippen MR) is 158 cm³/mol. The van der Waals surface area contributed by atoms with Gasteiger partial charge in [-0.05, 0) is 84.3 Å². The maximum absolute atomic E-state index is 10.2. The van der Waals surface area contributed by atoms with E-state index in [2.05, 4.69) is 71.0 Å². The topological polar surface area (TPSA) is 74.6 Å². The number of aliphatic hydroxyl groups excluding tert-OH is 1. The van der Waals surface area contributed by atoms with Crippen LogP contribution in [0.5, 0.6) is 11.5 Å². The number of unbranched alkanes of at least 4 members (excludes halogenated alkanes) is 2. The maximum atomic E-state index is 10.2. The zero-order chi connectivity index (χ0) is 26.9. The first-order chi connectivity index (χ1) is 19.2. The lowest BCUT2D eigenvalue weighted by molar-refractivity contribution is 0.265. The number of aromatic hydroxyl groups is 1. The van der Waals surface area contributed by atoms with Crippen molar-refractivity contribution >= 4 is 21.7 Å². The van der Waals surface area contributed by atoms with Gasteiger partial charge in [-0.25, -0.2) is 4.98 Å². The van der Waals surface area contributed by atoms with Crippen molar-refractivity contribution in [3.8, 4) is 11.5 Å². The number of aryl methyl sites for hydroxylation is 1. The highest BCUT2D eigenvalue weighted by Gasteiger charge is 2.13. The fourth-order valence-corrected chi connectivity index (χ4v) is 5.01. The van der Waals surface area contributed by atoms with Crippen LogP contribution in [-0.2, 0) is 13.0 Å². The van der Waals surface area contributed by atoms with E-state index in [-0.39, 0.29) is 18.4 Å². The molecule has 4 aromatic carbocycles. The number of hydrogen-bond donors (Lipinski definition) is 3. The molecule has 0 saturated heterocycles. The van der Waals surface area contributed by atoms with E-state index in [1.807, 2.05) is 30.3 Å². The fourth-order valence-electron chi connectivity index (χ4n) is 5.01. The lowest BCUT2D eigenvalue weighted by Crippen LogP contribution is -2.22. The summed E-state index contributed by atoms with van der Waals surface area (Å²) in [7, 11) is 0. The first kappa shape index (κ1) is 26.7. The summed E-state index contributed by atoms with van der Waals surface area (Å²) >= 11 is 0. The molecule has 1 aromatic heterocycles. The number of hydrogen-bond acceptors (Lipinski definition) is 5. The minimum Gasteiger partial charge on any atom is -0.506 e. The van der Waals surface area contributed by atoms with Gasteiger partial charge in [0, 0.05) is 24.6 Å². The summed E-state index contributed by atoms with van der Waals surface area (Å²) in [5.41, 5.74) is 3.96. The summed E-state index contributed by atoms with van der Waals surface area (Å²) in [6.45, 7) is 1.34. The molecule has 0 aliphatic rings. The molecule has 0 aliphatic heterocycles. The predicted octanol–water partition coefficient (Wildman–Crippen LogP) is 7.10. The van der Waals surface area contributed by atoms with E-state index < -0.39 is 0 Å². The van der Waals surface area contributed by atoms with Gasteiger partial charge >= 0.3 is 0 Å². The van der Waals surface area contributed by atoms with Crippen LogP contribution in [0.3, 0.4) is 0 Å². The molecule has 0 aliphatic carbocycles. The van der Waals surface area contributed by atoms with Gasteiger partial charge < -0.3 is 20.3 Å². The van der Waals surface area contributed by atoms with E-state index >= 15 is 0 Å². The Labute approximate surface area is 230 Å². The average molecular weight is 521 g/mol. The number of rotatable bonds is 13. The largest absolute Gasteiger partial charge is 0.506 e. The molecular formula is C34H36N2O3. The van der Waals surface area contributed by atoms with E-state index in [9.17, 15) is 10.2 Å². The second-order valence-corrected chi connectivity index (χ2v) is 10.0. The molecule has 1 heterocycles. The minimum atomic E-state index is -0.0203. The van der Waals surface area contributed by atoms with Gasteiger partial charge in [0.15, 0.2) is 0 Å². The fraction of sp³-hybridized carbons (Fsp3) is 0.265. The molecule has 0 amide bonds. The number of aliphatic hydroxyl groups is 1. The standard InChI is InChI=1S/C34H36N2O3/c37-20-19-32(35-24-30-17-15-26-11-7-12-33(38)34(26)36-30)29-14-13-28-23-31(18-16-27(28)22-29)39-21-6-2-5-10-25-8-3-1-4-9-25/h1,3-4,7-9,11-18,22-23,32,35,37-38H,2,5-6,10,19-21,24H2. The van der Waals surface area contributed by atoms with Crippen molar-refractivity contribution in [2.75, 3.05) is 13.2 Å². The Kier molecular flexibility index (Phi) is 9.05. The van der Waals surface area contributed by atoms with Gasteiger partial charge in [0.25, 0.3) is 0 Å². The summed E-state index contributed by atoms with van der Waals surface area (Å²) < 4.78 is 6.04. The Balaban J connectivity index is 1.16.